The Labute approximate surface area is 216 Å². The Morgan fingerprint density at radius 1 is 0.919 bits per heavy atom. The number of aliphatic hydroxyl groups is 1. The number of rotatable bonds is 5. The molecule has 0 bridgehead atoms. The number of nitrogens with one attached hydrogen (secondary N) is 1. The van der Waals surface area contributed by atoms with Gasteiger partial charge in [-0.2, -0.15) is 0 Å². The Balaban J connectivity index is 1.60. The molecule has 186 valence electrons. The average molecular weight is 490 g/mol. The molecule has 3 aliphatic rings. The van der Waals surface area contributed by atoms with Crippen LogP contribution in [0.1, 0.15) is 38.3 Å². The van der Waals surface area contributed by atoms with Crippen LogP contribution >= 0.6 is 0 Å². The van der Waals surface area contributed by atoms with Crippen LogP contribution in [-0.2, 0) is 6.42 Å². The van der Waals surface area contributed by atoms with Crippen molar-refractivity contribution in [3.05, 3.63) is 96.1 Å². The van der Waals surface area contributed by atoms with Crippen LogP contribution in [-0.4, -0.2) is 31.8 Å². The predicted octanol–water partition coefficient (Wildman–Crippen LogP) is 6.04. The Kier molecular flexibility index (Phi) is 6.41. The standard InChI is InChI=1S/C31H31N5O/c1-2-24-25(12-8-18-32-24)34-27-19-29-31(20-28(27)33-21-14-16-23(37)17-15-21)36(22-9-4-3-5-10-22)30-13-7-6-11-26(30)35-29/h3-13,18-21,23,34,37H,2,14-17H2,1H3. The van der Waals surface area contributed by atoms with E-state index in [0.29, 0.717) is 0 Å². The normalized spacial score (nSPS) is 18.4. The van der Waals surface area contributed by atoms with Crippen molar-refractivity contribution >= 4 is 22.4 Å². The number of fused-ring (bicyclic) bond motifs is 2. The molecule has 6 nitrogen and oxygen atoms in total. The third-order valence-electron chi connectivity index (χ3n) is 7.19. The van der Waals surface area contributed by atoms with Gasteiger partial charge in [0.15, 0.2) is 0 Å². The molecule has 2 heterocycles. The Morgan fingerprint density at radius 3 is 2.51 bits per heavy atom. The van der Waals surface area contributed by atoms with Gasteiger partial charge in [-0.3, -0.25) is 9.98 Å². The summed E-state index contributed by atoms with van der Waals surface area (Å²) < 4.78 is 2.27. The lowest BCUT2D eigenvalue weighted by molar-refractivity contribution is 0.123. The maximum absolute atomic E-state index is 10.0. The number of anilines is 2. The van der Waals surface area contributed by atoms with E-state index in [0.717, 1.165) is 82.6 Å². The van der Waals surface area contributed by atoms with Crippen LogP contribution in [0.15, 0.2) is 90.1 Å². The average Bonchev–Trinajstić information content (AvgIpc) is 2.94. The smallest absolute Gasteiger partial charge is 0.0900 e. The maximum atomic E-state index is 10.0. The lowest BCUT2D eigenvalue weighted by Gasteiger charge is -2.23. The van der Waals surface area contributed by atoms with Gasteiger partial charge in [-0.25, -0.2) is 4.98 Å². The number of aromatic nitrogens is 3. The molecule has 1 saturated carbocycles. The summed E-state index contributed by atoms with van der Waals surface area (Å²) in [6.45, 7) is 2.11. The monoisotopic (exact) mass is 489 g/mol. The molecule has 0 unspecified atom stereocenters. The number of hydrogen-bond donors (Lipinski definition) is 2. The van der Waals surface area contributed by atoms with E-state index in [1.54, 1.807) is 0 Å². The minimum absolute atomic E-state index is 0.180. The van der Waals surface area contributed by atoms with Gasteiger partial charge in [0.1, 0.15) is 0 Å². The molecule has 0 amide bonds. The van der Waals surface area contributed by atoms with Crippen LogP contribution in [0.4, 0.5) is 11.4 Å². The number of aryl methyl sites for hydroxylation is 1. The van der Waals surface area contributed by atoms with Crippen molar-refractivity contribution in [2.45, 2.75) is 51.2 Å². The van der Waals surface area contributed by atoms with Crippen LogP contribution in [0.3, 0.4) is 0 Å². The van der Waals surface area contributed by atoms with Crippen molar-refractivity contribution in [2.24, 2.45) is 4.99 Å². The Morgan fingerprint density at radius 2 is 1.70 bits per heavy atom. The molecule has 1 fully saturated rings. The minimum atomic E-state index is -0.209. The van der Waals surface area contributed by atoms with E-state index in [9.17, 15) is 5.11 Å². The molecule has 3 aromatic rings. The molecule has 0 spiro atoms. The van der Waals surface area contributed by atoms with Crippen LogP contribution < -0.4 is 10.7 Å². The first-order valence-corrected chi connectivity index (χ1v) is 13.1. The Hall–Kier alpha value is -4.03. The first-order chi connectivity index (χ1) is 18.2. The second-order valence-electron chi connectivity index (χ2n) is 9.70. The summed E-state index contributed by atoms with van der Waals surface area (Å²) in [6.07, 6.45) is 5.83. The fourth-order valence-electron chi connectivity index (χ4n) is 5.27. The third-order valence-corrected chi connectivity index (χ3v) is 7.19. The summed E-state index contributed by atoms with van der Waals surface area (Å²) in [6, 6.07) is 27.1. The highest BCUT2D eigenvalue weighted by Gasteiger charge is 2.21. The van der Waals surface area contributed by atoms with Gasteiger partial charge in [0.05, 0.1) is 57.0 Å². The molecular formula is C31H31N5O. The molecular weight excluding hydrogens is 458 g/mol. The summed E-state index contributed by atoms with van der Waals surface area (Å²) >= 11 is 0. The van der Waals surface area contributed by atoms with Gasteiger partial charge in [0, 0.05) is 11.9 Å². The topological polar surface area (TPSA) is 75.3 Å². The van der Waals surface area contributed by atoms with E-state index in [4.69, 9.17) is 9.98 Å². The third kappa shape index (κ3) is 4.72. The van der Waals surface area contributed by atoms with Crippen LogP contribution in [0, 0.1) is 0 Å². The second-order valence-corrected chi connectivity index (χ2v) is 9.70. The van der Waals surface area contributed by atoms with Crippen molar-refractivity contribution in [3.8, 4) is 17.1 Å². The molecule has 1 aliphatic heterocycles. The van der Waals surface area contributed by atoms with Crippen molar-refractivity contribution < 1.29 is 5.11 Å². The van der Waals surface area contributed by atoms with Gasteiger partial charge in [0.25, 0.3) is 0 Å². The number of para-hydroxylation sites is 3. The minimum Gasteiger partial charge on any atom is -0.393 e. The summed E-state index contributed by atoms with van der Waals surface area (Å²) in [5, 5.41) is 14.6. The second kappa shape index (κ2) is 10.1. The zero-order chi connectivity index (χ0) is 25.2. The van der Waals surface area contributed by atoms with Gasteiger partial charge >= 0.3 is 0 Å². The van der Waals surface area contributed by atoms with Crippen molar-refractivity contribution in [2.75, 3.05) is 5.32 Å². The maximum Gasteiger partial charge on any atom is 0.0900 e. The largest absolute Gasteiger partial charge is 0.393 e. The van der Waals surface area contributed by atoms with Gasteiger partial charge in [0.2, 0.25) is 0 Å². The van der Waals surface area contributed by atoms with E-state index < -0.39 is 0 Å². The van der Waals surface area contributed by atoms with Crippen LogP contribution in [0.2, 0.25) is 0 Å². The number of benzene rings is 3. The molecule has 6 heteroatoms. The lowest BCUT2D eigenvalue weighted by atomic mass is 9.93. The first kappa shape index (κ1) is 23.4. The van der Waals surface area contributed by atoms with Crippen LogP contribution in [0.25, 0.3) is 28.1 Å². The van der Waals surface area contributed by atoms with E-state index in [1.807, 2.05) is 24.4 Å². The quantitative estimate of drug-likeness (QED) is 0.295. The molecule has 0 atom stereocenters. The van der Waals surface area contributed by atoms with E-state index in [1.165, 1.54) is 0 Å². The van der Waals surface area contributed by atoms with E-state index in [2.05, 4.69) is 82.5 Å². The highest BCUT2D eigenvalue weighted by atomic mass is 16.3. The summed E-state index contributed by atoms with van der Waals surface area (Å²) in [4.78, 5) is 14.9. The molecule has 2 aliphatic carbocycles. The Bertz CT molecular complexity index is 1570. The lowest BCUT2D eigenvalue weighted by Crippen LogP contribution is -2.24. The number of nitrogens with zero attached hydrogens (tertiary/aromatic N) is 4. The summed E-state index contributed by atoms with van der Waals surface area (Å²) in [7, 11) is 0. The van der Waals surface area contributed by atoms with Gasteiger partial charge in [-0.05, 0) is 80.6 Å². The molecule has 2 aromatic carbocycles. The van der Waals surface area contributed by atoms with E-state index in [-0.39, 0.29) is 12.1 Å². The first-order valence-electron chi connectivity index (χ1n) is 13.1. The van der Waals surface area contributed by atoms with Gasteiger partial charge in [-0.15, -0.1) is 0 Å². The predicted molar refractivity (Wildman–Crippen MR) is 148 cm³/mol. The molecule has 2 N–H and O–H groups in total. The fourth-order valence-corrected chi connectivity index (χ4v) is 5.27. The molecule has 0 radical (unpaired) electrons. The highest BCUT2D eigenvalue weighted by Crippen LogP contribution is 2.31. The number of aliphatic hydroxyl groups excluding tert-OH is 1. The van der Waals surface area contributed by atoms with Gasteiger partial charge < -0.3 is 15.0 Å². The van der Waals surface area contributed by atoms with Crippen LogP contribution in [0.5, 0.6) is 0 Å². The summed E-state index contributed by atoms with van der Waals surface area (Å²) in [5.41, 5.74) is 7.89. The van der Waals surface area contributed by atoms with Crippen molar-refractivity contribution in [1.82, 2.24) is 14.5 Å². The van der Waals surface area contributed by atoms with E-state index >= 15 is 0 Å². The van der Waals surface area contributed by atoms with Gasteiger partial charge in [-0.1, -0.05) is 37.3 Å². The highest BCUT2D eigenvalue weighted by molar-refractivity contribution is 5.84. The zero-order valence-corrected chi connectivity index (χ0v) is 21.0. The van der Waals surface area contributed by atoms with Crippen molar-refractivity contribution in [3.63, 3.8) is 0 Å². The zero-order valence-electron chi connectivity index (χ0n) is 21.0. The fraction of sp³-hybridized carbons (Fsp3) is 0.258. The summed E-state index contributed by atoms with van der Waals surface area (Å²) in [5.74, 6) is 0. The SMILES string of the molecule is CCc1ncccc1Nc1cc2nc3ccccc3n(-c3ccccc3)c-2cc1=NC1CCC(O)CC1. The number of pyridine rings is 1. The number of hydrogen-bond acceptors (Lipinski definition) is 5. The molecule has 0 saturated heterocycles. The molecule has 1 aromatic heterocycles. The molecule has 6 rings (SSSR count). The molecule has 37 heavy (non-hydrogen) atoms. The van der Waals surface area contributed by atoms with Crippen molar-refractivity contribution in [1.29, 1.82) is 0 Å².